The number of carboxylic acid groups (broad SMARTS) is 1. The first-order valence-electron chi connectivity index (χ1n) is 6.05. The summed E-state index contributed by atoms with van der Waals surface area (Å²) in [5, 5.41) is 9.15. The molecule has 1 unspecified atom stereocenters. The molecule has 2 aromatic carbocycles. The van der Waals surface area contributed by atoms with Crippen LogP contribution in [0.4, 0.5) is 0 Å². The standard InChI is InChI=1S/C15H13ClO4S/c1-20-11-4-2-10(3-5-11)9-21(19)12-6-7-14(16)13(8-12)15(17)18/h2-8H,9H2,1H3,(H,17,18). The number of hydrogen-bond acceptors (Lipinski definition) is 3. The van der Waals surface area contributed by atoms with Crippen molar-refractivity contribution in [3.05, 3.63) is 58.6 Å². The van der Waals surface area contributed by atoms with Crippen LogP contribution >= 0.6 is 11.6 Å². The van der Waals surface area contributed by atoms with Gasteiger partial charge in [0.05, 0.1) is 34.2 Å². The van der Waals surface area contributed by atoms with E-state index in [2.05, 4.69) is 0 Å². The number of carbonyl (C=O) groups is 1. The second kappa shape index (κ2) is 6.74. The van der Waals surface area contributed by atoms with E-state index in [9.17, 15) is 9.00 Å². The van der Waals surface area contributed by atoms with E-state index < -0.39 is 16.8 Å². The Bertz CT molecular complexity index is 683. The van der Waals surface area contributed by atoms with E-state index in [1.165, 1.54) is 12.1 Å². The van der Waals surface area contributed by atoms with Gasteiger partial charge in [-0.25, -0.2) is 4.79 Å². The topological polar surface area (TPSA) is 63.6 Å². The Morgan fingerprint density at radius 3 is 2.48 bits per heavy atom. The SMILES string of the molecule is COc1ccc(CS(=O)c2ccc(Cl)c(C(=O)O)c2)cc1. The predicted molar refractivity (Wildman–Crippen MR) is 81.5 cm³/mol. The normalized spacial score (nSPS) is 11.9. The van der Waals surface area contributed by atoms with Crippen LogP contribution in [0.5, 0.6) is 5.75 Å². The number of methoxy groups -OCH3 is 1. The molecule has 4 nitrogen and oxygen atoms in total. The molecule has 0 aliphatic carbocycles. The first kappa shape index (κ1) is 15.5. The molecular weight excluding hydrogens is 312 g/mol. The summed E-state index contributed by atoms with van der Waals surface area (Å²) >= 11 is 5.80. The fourth-order valence-corrected chi connectivity index (χ4v) is 3.10. The molecule has 0 bridgehead atoms. The summed E-state index contributed by atoms with van der Waals surface area (Å²) in [6.07, 6.45) is 0. The van der Waals surface area contributed by atoms with Gasteiger partial charge in [-0.15, -0.1) is 0 Å². The van der Waals surface area contributed by atoms with E-state index >= 15 is 0 Å². The summed E-state index contributed by atoms with van der Waals surface area (Å²) in [6, 6.07) is 11.6. The lowest BCUT2D eigenvalue weighted by molar-refractivity contribution is 0.0697. The molecule has 0 saturated carbocycles. The van der Waals surface area contributed by atoms with Gasteiger partial charge in [0, 0.05) is 4.90 Å². The highest BCUT2D eigenvalue weighted by Crippen LogP contribution is 2.21. The first-order valence-corrected chi connectivity index (χ1v) is 7.75. The lowest BCUT2D eigenvalue weighted by Crippen LogP contribution is -2.02. The summed E-state index contributed by atoms with van der Waals surface area (Å²) in [5.41, 5.74) is 0.832. The number of hydrogen-bond donors (Lipinski definition) is 1. The van der Waals surface area contributed by atoms with Crippen LogP contribution in [-0.4, -0.2) is 22.4 Å². The second-order valence-electron chi connectivity index (χ2n) is 4.28. The van der Waals surface area contributed by atoms with Crippen LogP contribution in [0.25, 0.3) is 0 Å². The van der Waals surface area contributed by atoms with Gasteiger partial charge in [0.1, 0.15) is 5.75 Å². The quantitative estimate of drug-likeness (QED) is 0.916. The van der Waals surface area contributed by atoms with Gasteiger partial charge in [0.15, 0.2) is 0 Å². The zero-order valence-corrected chi connectivity index (χ0v) is 12.8. The van der Waals surface area contributed by atoms with Gasteiger partial charge in [-0.1, -0.05) is 23.7 Å². The van der Waals surface area contributed by atoms with E-state index in [-0.39, 0.29) is 10.6 Å². The Kier molecular flexibility index (Phi) is 4.98. The number of carboxylic acids is 1. The Morgan fingerprint density at radius 1 is 1.24 bits per heavy atom. The van der Waals surface area contributed by atoms with Crippen molar-refractivity contribution in [1.29, 1.82) is 0 Å². The van der Waals surface area contributed by atoms with Crippen LogP contribution in [0.3, 0.4) is 0 Å². The Labute approximate surface area is 129 Å². The van der Waals surface area contributed by atoms with Crippen LogP contribution in [0, 0.1) is 0 Å². The summed E-state index contributed by atoms with van der Waals surface area (Å²) in [6.45, 7) is 0. The highest BCUT2D eigenvalue weighted by molar-refractivity contribution is 7.84. The smallest absolute Gasteiger partial charge is 0.337 e. The third-order valence-corrected chi connectivity index (χ3v) is 4.59. The number of aromatic carboxylic acids is 1. The molecule has 0 aromatic heterocycles. The fraction of sp³-hybridized carbons (Fsp3) is 0.133. The lowest BCUT2D eigenvalue weighted by atomic mass is 10.2. The van der Waals surface area contributed by atoms with Gasteiger partial charge in [0.2, 0.25) is 0 Å². The second-order valence-corrected chi connectivity index (χ2v) is 6.14. The van der Waals surface area contributed by atoms with Gasteiger partial charge in [0.25, 0.3) is 0 Å². The maximum atomic E-state index is 12.3. The molecule has 1 N–H and O–H groups in total. The van der Waals surface area contributed by atoms with Gasteiger partial charge in [-0.05, 0) is 35.9 Å². The zero-order valence-electron chi connectivity index (χ0n) is 11.2. The van der Waals surface area contributed by atoms with E-state index in [4.69, 9.17) is 21.4 Å². The molecule has 0 fully saturated rings. The van der Waals surface area contributed by atoms with E-state index in [0.29, 0.717) is 10.6 Å². The van der Waals surface area contributed by atoms with Crippen molar-refractivity contribution in [3.63, 3.8) is 0 Å². The Hall–Kier alpha value is -1.85. The van der Waals surface area contributed by atoms with Crippen LogP contribution in [0.1, 0.15) is 15.9 Å². The lowest BCUT2D eigenvalue weighted by Gasteiger charge is -2.06. The molecule has 0 saturated heterocycles. The predicted octanol–water partition coefficient (Wildman–Crippen LogP) is 3.35. The van der Waals surface area contributed by atoms with Crippen molar-refractivity contribution in [1.82, 2.24) is 0 Å². The molecular formula is C15H13ClO4S. The molecule has 0 heterocycles. The maximum Gasteiger partial charge on any atom is 0.337 e. The van der Waals surface area contributed by atoms with Crippen LogP contribution < -0.4 is 4.74 Å². The van der Waals surface area contributed by atoms with Crippen LogP contribution in [-0.2, 0) is 16.6 Å². The Balaban J connectivity index is 2.19. The van der Waals surface area contributed by atoms with E-state index in [1.807, 2.05) is 12.1 Å². The third-order valence-electron chi connectivity index (χ3n) is 2.89. The number of rotatable bonds is 5. The molecule has 1 atom stereocenters. The van der Waals surface area contributed by atoms with E-state index in [1.54, 1.807) is 25.3 Å². The zero-order chi connectivity index (χ0) is 15.4. The number of ether oxygens (including phenoxy) is 1. The highest BCUT2D eigenvalue weighted by atomic mass is 35.5. The highest BCUT2D eigenvalue weighted by Gasteiger charge is 2.13. The average molecular weight is 325 g/mol. The monoisotopic (exact) mass is 324 g/mol. The third kappa shape index (κ3) is 3.83. The minimum absolute atomic E-state index is 0.0442. The van der Waals surface area contributed by atoms with Gasteiger partial charge < -0.3 is 9.84 Å². The number of halogens is 1. The Morgan fingerprint density at radius 2 is 1.90 bits per heavy atom. The molecule has 2 aromatic rings. The summed E-state index contributed by atoms with van der Waals surface area (Å²) in [5.74, 6) is -0.113. The van der Waals surface area contributed by atoms with Crippen molar-refractivity contribution in [3.8, 4) is 5.75 Å². The fourth-order valence-electron chi connectivity index (χ4n) is 1.77. The van der Waals surface area contributed by atoms with Crippen molar-refractivity contribution in [2.24, 2.45) is 0 Å². The van der Waals surface area contributed by atoms with Crippen molar-refractivity contribution < 1.29 is 18.8 Å². The summed E-state index contributed by atoms with van der Waals surface area (Å²) in [7, 11) is 0.237. The molecule has 2 rings (SSSR count). The van der Waals surface area contributed by atoms with Crippen molar-refractivity contribution in [2.75, 3.05) is 7.11 Å². The first-order chi connectivity index (χ1) is 10.0. The maximum absolute atomic E-state index is 12.3. The molecule has 0 aliphatic rings. The van der Waals surface area contributed by atoms with Crippen LogP contribution in [0.2, 0.25) is 5.02 Å². The van der Waals surface area contributed by atoms with Crippen molar-refractivity contribution in [2.45, 2.75) is 10.6 Å². The summed E-state index contributed by atoms with van der Waals surface area (Å²) < 4.78 is 17.4. The summed E-state index contributed by atoms with van der Waals surface area (Å²) in [4.78, 5) is 11.5. The molecule has 21 heavy (non-hydrogen) atoms. The largest absolute Gasteiger partial charge is 0.497 e. The molecule has 6 heteroatoms. The molecule has 0 radical (unpaired) electrons. The molecule has 110 valence electrons. The molecule has 0 amide bonds. The van der Waals surface area contributed by atoms with Gasteiger partial charge in [-0.3, -0.25) is 4.21 Å². The van der Waals surface area contributed by atoms with Crippen LogP contribution in [0.15, 0.2) is 47.4 Å². The van der Waals surface area contributed by atoms with Gasteiger partial charge >= 0.3 is 5.97 Å². The minimum Gasteiger partial charge on any atom is -0.497 e. The minimum atomic E-state index is -1.34. The van der Waals surface area contributed by atoms with Gasteiger partial charge in [-0.2, -0.15) is 0 Å². The number of benzene rings is 2. The van der Waals surface area contributed by atoms with E-state index in [0.717, 1.165) is 11.3 Å². The molecule has 0 aliphatic heterocycles. The average Bonchev–Trinajstić information content (AvgIpc) is 2.48. The molecule has 0 spiro atoms. The van der Waals surface area contributed by atoms with Crippen molar-refractivity contribution >= 4 is 28.4 Å².